The first-order valence-corrected chi connectivity index (χ1v) is 6.85. The summed E-state index contributed by atoms with van der Waals surface area (Å²) in [5, 5.41) is 9.10. The Bertz CT molecular complexity index is 533. The van der Waals surface area contributed by atoms with E-state index < -0.39 is 5.97 Å². The lowest BCUT2D eigenvalue weighted by Gasteiger charge is -2.20. The lowest BCUT2D eigenvalue weighted by Crippen LogP contribution is -2.14. The zero-order valence-electron chi connectivity index (χ0n) is 11.5. The van der Waals surface area contributed by atoms with Crippen LogP contribution in [0.25, 0.3) is 0 Å². The fraction of sp³-hybridized carbons (Fsp3) is 0.533. The molecule has 1 heterocycles. The standard InChI is InChI=1S/C15H18O5/c1-18-13-10(15(5-6-15)9-12(16)17)3-4-11-14(13)20-8-2-7-19-11/h3-4H,2,5-9H2,1H3,(H,16,17). The highest BCUT2D eigenvalue weighted by Crippen LogP contribution is 2.57. The molecule has 1 saturated carbocycles. The van der Waals surface area contributed by atoms with Gasteiger partial charge in [0.05, 0.1) is 26.7 Å². The molecule has 3 rings (SSSR count). The van der Waals surface area contributed by atoms with E-state index in [4.69, 9.17) is 19.3 Å². The van der Waals surface area contributed by atoms with Gasteiger partial charge in [-0.2, -0.15) is 0 Å². The molecule has 2 aliphatic rings. The second-order valence-corrected chi connectivity index (χ2v) is 5.37. The molecular formula is C15H18O5. The average molecular weight is 278 g/mol. The monoisotopic (exact) mass is 278 g/mol. The highest BCUT2D eigenvalue weighted by atomic mass is 16.5. The summed E-state index contributed by atoms with van der Waals surface area (Å²) in [7, 11) is 1.59. The van der Waals surface area contributed by atoms with Gasteiger partial charge in [-0.05, 0) is 18.9 Å². The second kappa shape index (κ2) is 4.89. The van der Waals surface area contributed by atoms with E-state index in [1.807, 2.05) is 12.1 Å². The zero-order chi connectivity index (χ0) is 14.2. The molecule has 0 atom stereocenters. The van der Waals surface area contributed by atoms with Gasteiger partial charge in [0, 0.05) is 17.4 Å². The first kappa shape index (κ1) is 13.1. The van der Waals surface area contributed by atoms with Crippen molar-refractivity contribution in [2.45, 2.75) is 31.1 Å². The molecule has 0 aromatic heterocycles. The van der Waals surface area contributed by atoms with Crippen LogP contribution in [0.4, 0.5) is 0 Å². The quantitative estimate of drug-likeness (QED) is 0.916. The molecule has 0 radical (unpaired) electrons. The second-order valence-electron chi connectivity index (χ2n) is 5.37. The van der Waals surface area contributed by atoms with Crippen molar-refractivity contribution in [2.75, 3.05) is 20.3 Å². The minimum absolute atomic E-state index is 0.128. The SMILES string of the molecule is COc1c(C2(CC(=O)O)CC2)ccc2c1OCCCO2. The number of carboxylic acid groups (broad SMARTS) is 1. The Morgan fingerprint density at radius 3 is 2.75 bits per heavy atom. The molecule has 0 amide bonds. The first-order valence-electron chi connectivity index (χ1n) is 6.85. The van der Waals surface area contributed by atoms with Crippen LogP contribution < -0.4 is 14.2 Å². The van der Waals surface area contributed by atoms with E-state index in [9.17, 15) is 4.79 Å². The van der Waals surface area contributed by atoms with E-state index >= 15 is 0 Å². The summed E-state index contributed by atoms with van der Waals surface area (Å²) in [4.78, 5) is 11.1. The highest BCUT2D eigenvalue weighted by molar-refractivity contribution is 5.71. The summed E-state index contributed by atoms with van der Waals surface area (Å²) in [6.45, 7) is 1.20. The van der Waals surface area contributed by atoms with Crippen LogP contribution in [0, 0.1) is 0 Å². The third-order valence-corrected chi connectivity index (χ3v) is 3.99. The van der Waals surface area contributed by atoms with Gasteiger partial charge in [-0.3, -0.25) is 4.79 Å². The molecule has 1 aliphatic carbocycles. The average Bonchev–Trinajstić information content (AvgIpc) is 3.20. The van der Waals surface area contributed by atoms with Crippen LogP contribution in [0.1, 0.15) is 31.2 Å². The fourth-order valence-electron chi connectivity index (χ4n) is 2.81. The number of ether oxygens (including phenoxy) is 3. The van der Waals surface area contributed by atoms with Crippen LogP contribution in [0.3, 0.4) is 0 Å². The number of carbonyl (C=O) groups is 1. The Labute approximate surface area is 117 Å². The number of methoxy groups -OCH3 is 1. The van der Waals surface area contributed by atoms with Crippen molar-refractivity contribution >= 4 is 5.97 Å². The maximum absolute atomic E-state index is 11.1. The van der Waals surface area contributed by atoms with Crippen LogP contribution in [0.15, 0.2) is 12.1 Å². The first-order chi connectivity index (χ1) is 9.66. The topological polar surface area (TPSA) is 65.0 Å². The van der Waals surface area contributed by atoms with Gasteiger partial charge < -0.3 is 19.3 Å². The molecule has 20 heavy (non-hydrogen) atoms. The predicted molar refractivity (Wildman–Crippen MR) is 71.8 cm³/mol. The van der Waals surface area contributed by atoms with Gasteiger partial charge in [-0.25, -0.2) is 0 Å². The van der Waals surface area contributed by atoms with E-state index in [2.05, 4.69) is 0 Å². The van der Waals surface area contributed by atoms with Gasteiger partial charge in [0.2, 0.25) is 5.75 Å². The third kappa shape index (κ3) is 2.17. The molecular weight excluding hydrogens is 260 g/mol. The van der Waals surface area contributed by atoms with E-state index in [0.29, 0.717) is 30.5 Å². The van der Waals surface area contributed by atoms with Crippen LogP contribution in [0.5, 0.6) is 17.2 Å². The molecule has 1 fully saturated rings. The zero-order valence-corrected chi connectivity index (χ0v) is 11.5. The van der Waals surface area contributed by atoms with Crippen molar-refractivity contribution in [1.82, 2.24) is 0 Å². The largest absolute Gasteiger partial charge is 0.492 e. The molecule has 1 aromatic carbocycles. The summed E-state index contributed by atoms with van der Waals surface area (Å²) < 4.78 is 16.9. The minimum atomic E-state index is -0.781. The van der Waals surface area contributed by atoms with Gasteiger partial charge in [-0.15, -0.1) is 0 Å². The summed E-state index contributed by atoms with van der Waals surface area (Å²) in [6.07, 6.45) is 2.70. The number of carboxylic acids is 1. The molecule has 0 spiro atoms. The number of hydrogen-bond donors (Lipinski definition) is 1. The number of rotatable bonds is 4. The Morgan fingerprint density at radius 1 is 1.35 bits per heavy atom. The lowest BCUT2D eigenvalue weighted by atomic mass is 9.91. The highest BCUT2D eigenvalue weighted by Gasteiger charge is 2.48. The lowest BCUT2D eigenvalue weighted by molar-refractivity contribution is -0.137. The summed E-state index contributed by atoms with van der Waals surface area (Å²) in [6, 6.07) is 3.78. The Hall–Kier alpha value is -1.91. The van der Waals surface area contributed by atoms with Crippen molar-refractivity contribution in [1.29, 1.82) is 0 Å². The van der Waals surface area contributed by atoms with Gasteiger partial charge in [0.15, 0.2) is 11.5 Å². The van der Waals surface area contributed by atoms with E-state index in [0.717, 1.165) is 24.8 Å². The molecule has 1 N–H and O–H groups in total. The van der Waals surface area contributed by atoms with Crippen molar-refractivity contribution in [3.63, 3.8) is 0 Å². The summed E-state index contributed by atoms with van der Waals surface area (Å²) in [5.74, 6) is 1.13. The molecule has 1 aliphatic heterocycles. The summed E-state index contributed by atoms with van der Waals surface area (Å²) >= 11 is 0. The maximum Gasteiger partial charge on any atom is 0.304 e. The van der Waals surface area contributed by atoms with E-state index in [1.165, 1.54) is 0 Å². The number of aliphatic carboxylic acids is 1. The third-order valence-electron chi connectivity index (χ3n) is 3.99. The molecule has 0 saturated heterocycles. The smallest absolute Gasteiger partial charge is 0.304 e. The maximum atomic E-state index is 11.1. The molecule has 5 nitrogen and oxygen atoms in total. The number of hydrogen-bond acceptors (Lipinski definition) is 4. The molecule has 0 unspecified atom stereocenters. The van der Waals surface area contributed by atoms with Gasteiger partial charge in [-0.1, -0.05) is 6.07 Å². The van der Waals surface area contributed by atoms with Crippen molar-refractivity contribution in [2.24, 2.45) is 0 Å². The van der Waals surface area contributed by atoms with Crippen LogP contribution in [0.2, 0.25) is 0 Å². The van der Waals surface area contributed by atoms with Gasteiger partial charge in [0.1, 0.15) is 0 Å². The van der Waals surface area contributed by atoms with Crippen LogP contribution in [-0.2, 0) is 10.2 Å². The molecule has 1 aromatic rings. The van der Waals surface area contributed by atoms with Gasteiger partial charge in [0.25, 0.3) is 0 Å². The van der Waals surface area contributed by atoms with E-state index in [-0.39, 0.29) is 11.8 Å². The molecule has 108 valence electrons. The molecule has 0 bridgehead atoms. The van der Waals surface area contributed by atoms with Gasteiger partial charge >= 0.3 is 5.97 Å². The number of benzene rings is 1. The van der Waals surface area contributed by atoms with Crippen molar-refractivity contribution in [3.8, 4) is 17.2 Å². The van der Waals surface area contributed by atoms with Crippen LogP contribution >= 0.6 is 0 Å². The number of fused-ring (bicyclic) bond motifs is 1. The van der Waals surface area contributed by atoms with E-state index in [1.54, 1.807) is 7.11 Å². The Kier molecular flexibility index (Phi) is 3.20. The summed E-state index contributed by atoms with van der Waals surface area (Å²) in [5.41, 5.74) is 0.619. The van der Waals surface area contributed by atoms with Crippen LogP contribution in [-0.4, -0.2) is 31.4 Å². The Morgan fingerprint density at radius 2 is 2.10 bits per heavy atom. The van der Waals surface area contributed by atoms with Crippen molar-refractivity contribution in [3.05, 3.63) is 17.7 Å². The Balaban J connectivity index is 2.04. The predicted octanol–water partition coefficient (Wildman–Crippen LogP) is 2.36. The minimum Gasteiger partial charge on any atom is -0.492 e. The normalized spacial score (nSPS) is 19.1. The fourth-order valence-corrected chi connectivity index (χ4v) is 2.81. The van der Waals surface area contributed by atoms with Crippen molar-refractivity contribution < 1.29 is 24.1 Å². The molecule has 5 heteroatoms.